The number of benzene rings is 1. The fourth-order valence-electron chi connectivity index (χ4n) is 2.90. The molecule has 0 heterocycles. The maximum absolute atomic E-state index is 12.0. The molecule has 0 N–H and O–H groups in total. The first-order valence-corrected chi connectivity index (χ1v) is 8.38. The van der Waals surface area contributed by atoms with E-state index in [0.29, 0.717) is 5.56 Å². The summed E-state index contributed by atoms with van der Waals surface area (Å²) in [6, 6.07) is 7.56. The van der Waals surface area contributed by atoms with E-state index in [-0.39, 0.29) is 11.5 Å². The van der Waals surface area contributed by atoms with E-state index < -0.39 is 5.97 Å². The summed E-state index contributed by atoms with van der Waals surface area (Å²) in [6.07, 6.45) is 5.58. The summed E-state index contributed by atoms with van der Waals surface area (Å²) < 4.78 is 0. The summed E-state index contributed by atoms with van der Waals surface area (Å²) in [7, 11) is 0. The van der Waals surface area contributed by atoms with Crippen molar-refractivity contribution in [2.45, 2.75) is 71.3 Å². The Morgan fingerprint density at radius 3 is 2.18 bits per heavy atom. The first-order valence-electron chi connectivity index (χ1n) is 8.38. The molecule has 0 aromatic heterocycles. The predicted octanol–water partition coefficient (Wildman–Crippen LogP) is 5.04. The second-order valence-corrected chi connectivity index (χ2v) is 7.35. The molecule has 22 heavy (non-hydrogen) atoms. The zero-order valence-corrected chi connectivity index (χ0v) is 14.2. The number of carbonyl (C=O) groups excluding carboxylic acids is 1. The highest BCUT2D eigenvalue weighted by molar-refractivity contribution is 5.88. The molecule has 0 radical (unpaired) electrons. The highest BCUT2D eigenvalue weighted by Crippen LogP contribution is 2.28. The minimum Gasteiger partial charge on any atom is -0.293 e. The highest BCUT2D eigenvalue weighted by Gasteiger charge is 2.23. The molecule has 0 saturated heterocycles. The molecule has 3 nitrogen and oxygen atoms in total. The molecule has 0 atom stereocenters. The van der Waals surface area contributed by atoms with Crippen molar-refractivity contribution in [1.82, 2.24) is 0 Å². The SMILES string of the molecule is CCC1CCC(OOC(=O)c2ccc(C(C)(C)C)cc2)CC1. The standard InChI is InChI=1S/C19H28O3/c1-5-14-6-12-17(13-7-14)21-22-18(20)15-8-10-16(11-9-15)19(2,3)4/h8-11,14,17H,5-7,12-13H2,1-4H3. The smallest absolute Gasteiger partial charge is 0.293 e. The van der Waals surface area contributed by atoms with Crippen LogP contribution in [0.1, 0.15) is 75.7 Å². The molecule has 2 rings (SSSR count). The summed E-state index contributed by atoms with van der Waals surface area (Å²) in [6.45, 7) is 8.68. The highest BCUT2D eigenvalue weighted by atomic mass is 17.2. The van der Waals surface area contributed by atoms with Crippen LogP contribution in [0.25, 0.3) is 0 Å². The van der Waals surface area contributed by atoms with E-state index in [9.17, 15) is 4.79 Å². The van der Waals surface area contributed by atoms with Crippen LogP contribution in [0.2, 0.25) is 0 Å². The van der Waals surface area contributed by atoms with E-state index in [0.717, 1.165) is 18.8 Å². The molecule has 1 saturated carbocycles. The van der Waals surface area contributed by atoms with Crippen molar-refractivity contribution in [3.63, 3.8) is 0 Å². The molecule has 0 bridgehead atoms. The Labute approximate surface area is 133 Å². The zero-order chi connectivity index (χ0) is 16.2. The fourth-order valence-corrected chi connectivity index (χ4v) is 2.90. The van der Waals surface area contributed by atoms with E-state index in [1.807, 2.05) is 12.1 Å². The summed E-state index contributed by atoms with van der Waals surface area (Å²) in [5.74, 6) is 0.401. The molecule has 0 amide bonds. The predicted molar refractivity (Wildman–Crippen MR) is 87.7 cm³/mol. The lowest BCUT2D eigenvalue weighted by atomic mass is 9.86. The molecule has 1 fully saturated rings. The molecular formula is C19H28O3. The summed E-state index contributed by atoms with van der Waals surface area (Å²) >= 11 is 0. The maximum atomic E-state index is 12.0. The quantitative estimate of drug-likeness (QED) is 0.577. The van der Waals surface area contributed by atoms with Crippen LogP contribution < -0.4 is 0 Å². The first kappa shape index (κ1) is 17.0. The maximum Gasteiger partial charge on any atom is 0.373 e. The Kier molecular flexibility index (Phi) is 5.63. The molecule has 0 unspecified atom stereocenters. The molecule has 0 aliphatic heterocycles. The number of hydrogen-bond acceptors (Lipinski definition) is 3. The lowest BCUT2D eigenvalue weighted by Gasteiger charge is -2.26. The third-order valence-corrected chi connectivity index (χ3v) is 4.62. The van der Waals surface area contributed by atoms with Crippen molar-refractivity contribution in [1.29, 1.82) is 0 Å². The molecule has 3 heteroatoms. The second-order valence-electron chi connectivity index (χ2n) is 7.35. The molecule has 1 aromatic carbocycles. The van der Waals surface area contributed by atoms with Gasteiger partial charge in [-0.2, -0.15) is 4.89 Å². The second kappa shape index (κ2) is 7.28. The van der Waals surface area contributed by atoms with Crippen LogP contribution in [0.5, 0.6) is 0 Å². The van der Waals surface area contributed by atoms with Gasteiger partial charge in [0.15, 0.2) is 0 Å². The zero-order valence-electron chi connectivity index (χ0n) is 14.2. The largest absolute Gasteiger partial charge is 0.373 e. The minimum atomic E-state index is -0.405. The van der Waals surface area contributed by atoms with E-state index >= 15 is 0 Å². The van der Waals surface area contributed by atoms with Crippen LogP contribution in [0.15, 0.2) is 24.3 Å². The van der Waals surface area contributed by atoms with Crippen LogP contribution in [-0.4, -0.2) is 12.1 Å². The van der Waals surface area contributed by atoms with Gasteiger partial charge in [-0.3, -0.25) is 4.89 Å². The Hall–Kier alpha value is -1.35. The number of rotatable bonds is 4. The Bertz CT molecular complexity index is 476. The van der Waals surface area contributed by atoms with Gasteiger partial charge in [0.1, 0.15) is 6.10 Å². The van der Waals surface area contributed by atoms with E-state index in [2.05, 4.69) is 27.7 Å². The molecule has 1 aliphatic rings. The van der Waals surface area contributed by atoms with E-state index in [1.54, 1.807) is 12.1 Å². The lowest BCUT2D eigenvalue weighted by Crippen LogP contribution is -2.23. The van der Waals surface area contributed by atoms with Gasteiger partial charge in [-0.25, -0.2) is 4.79 Å². The van der Waals surface area contributed by atoms with E-state index in [1.165, 1.54) is 24.8 Å². The third-order valence-electron chi connectivity index (χ3n) is 4.62. The van der Waals surface area contributed by atoms with Crippen LogP contribution in [0, 0.1) is 5.92 Å². The summed E-state index contributed by atoms with van der Waals surface area (Å²) in [5, 5.41) is 0. The van der Waals surface area contributed by atoms with Gasteiger partial charge >= 0.3 is 5.97 Å². The van der Waals surface area contributed by atoms with Crippen LogP contribution in [0.3, 0.4) is 0 Å². The van der Waals surface area contributed by atoms with Gasteiger partial charge in [0.25, 0.3) is 0 Å². The van der Waals surface area contributed by atoms with Gasteiger partial charge in [0, 0.05) is 0 Å². The Morgan fingerprint density at radius 2 is 1.68 bits per heavy atom. The van der Waals surface area contributed by atoms with Crippen LogP contribution in [-0.2, 0) is 15.2 Å². The first-order chi connectivity index (χ1) is 10.4. The van der Waals surface area contributed by atoms with E-state index in [4.69, 9.17) is 9.78 Å². The average molecular weight is 304 g/mol. The van der Waals surface area contributed by atoms with Crippen molar-refractivity contribution in [2.24, 2.45) is 5.92 Å². The van der Waals surface area contributed by atoms with Gasteiger partial charge in [-0.05, 0) is 54.7 Å². The molecular weight excluding hydrogens is 276 g/mol. The number of hydrogen-bond donors (Lipinski definition) is 0. The van der Waals surface area contributed by atoms with Gasteiger partial charge in [0.05, 0.1) is 5.56 Å². The normalized spacial score (nSPS) is 22.4. The molecule has 122 valence electrons. The molecule has 1 aromatic rings. The van der Waals surface area contributed by atoms with Crippen LogP contribution in [0.4, 0.5) is 0 Å². The van der Waals surface area contributed by atoms with Crippen molar-refractivity contribution < 1.29 is 14.6 Å². The van der Waals surface area contributed by atoms with Gasteiger partial charge in [-0.1, -0.05) is 46.2 Å². The minimum absolute atomic E-state index is 0.0561. The Balaban J connectivity index is 1.83. The number of carbonyl (C=O) groups is 1. The summed E-state index contributed by atoms with van der Waals surface area (Å²) in [5.41, 5.74) is 1.81. The van der Waals surface area contributed by atoms with Crippen LogP contribution >= 0.6 is 0 Å². The van der Waals surface area contributed by atoms with Gasteiger partial charge in [0.2, 0.25) is 0 Å². The lowest BCUT2D eigenvalue weighted by molar-refractivity contribution is -0.280. The fraction of sp³-hybridized carbons (Fsp3) is 0.632. The average Bonchev–Trinajstić information content (AvgIpc) is 2.52. The summed E-state index contributed by atoms with van der Waals surface area (Å²) in [4.78, 5) is 22.4. The van der Waals surface area contributed by atoms with Crippen molar-refractivity contribution in [2.75, 3.05) is 0 Å². The monoisotopic (exact) mass is 304 g/mol. The van der Waals surface area contributed by atoms with Crippen molar-refractivity contribution in [3.8, 4) is 0 Å². The Morgan fingerprint density at radius 1 is 1.09 bits per heavy atom. The van der Waals surface area contributed by atoms with Crippen molar-refractivity contribution in [3.05, 3.63) is 35.4 Å². The van der Waals surface area contributed by atoms with Gasteiger partial charge in [-0.15, -0.1) is 0 Å². The molecule has 1 aliphatic carbocycles. The third kappa shape index (κ3) is 4.57. The topological polar surface area (TPSA) is 35.5 Å². The molecule has 0 spiro atoms. The van der Waals surface area contributed by atoms with Crippen molar-refractivity contribution >= 4 is 5.97 Å². The van der Waals surface area contributed by atoms with Gasteiger partial charge < -0.3 is 0 Å².